The van der Waals surface area contributed by atoms with Gasteiger partial charge in [-0.3, -0.25) is 5.32 Å². The molecule has 28 heavy (non-hydrogen) atoms. The molecule has 1 aliphatic heterocycles. The van der Waals surface area contributed by atoms with Crippen molar-refractivity contribution in [3.05, 3.63) is 24.8 Å². The van der Waals surface area contributed by atoms with Crippen molar-refractivity contribution in [3.8, 4) is 11.1 Å². The van der Waals surface area contributed by atoms with Gasteiger partial charge in [-0.15, -0.1) is 0 Å². The van der Waals surface area contributed by atoms with Crippen LogP contribution in [0.15, 0.2) is 24.8 Å². The Balaban J connectivity index is 1.66. The summed E-state index contributed by atoms with van der Waals surface area (Å²) >= 11 is 1.33. The lowest BCUT2D eigenvalue weighted by Crippen LogP contribution is -2.28. The zero-order valence-electron chi connectivity index (χ0n) is 15.4. The first-order chi connectivity index (χ1) is 13.7. The minimum absolute atomic E-state index is 0.189. The number of aromatic nitrogens is 4. The van der Waals surface area contributed by atoms with Crippen LogP contribution in [0.2, 0.25) is 0 Å². The third-order valence-electron chi connectivity index (χ3n) is 4.33. The second-order valence-electron chi connectivity index (χ2n) is 6.36. The number of thiazole rings is 1. The zero-order chi connectivity index (χ0) is 19.3. The summed E-state index contributed by atoms with van der Waals surface area (Å²) in [4.78, 5) is 30.0. The van der Waals surface area contributed by atoms with Crippen molar-refractivity contribution in [3.63, 3.8) is 0 Å². The summed E-state index contributed by atoms with van der Waals surface area (Å²) in [5.41, 5.74) is 2.41. The van der Waals surface area contributed by atoms with Crippen molar-refractivity contribution in [1.82, 2.24) is 25.3 Å². The van der Waals surface area contributed by atoms with Crippen molar-refractivity contribution >= 4 is 38.7 Å². The molecule has 0 radical (unpaired) electrons. The summed E-state index contributed by atoms with van der Waals surface area (Å²) in [6.45, 7) is 3.90. The van der Waals surface area contributed by atoms with E-state index in [1.54, 1.807) is 12.4 Å². The lowest BCUT2D eigenvalue weighted by atomic mass is 10.1. The Hall–Kier alpha value is -2.85. The maximum atomic E-state index is 11.8. The predicted molar refractivity (Wildman–Crippen MR) is 109 cm³/mol. The summed E-state index contributed by atoms with van der Waals surface area (Å²) < 4.78 is 5.70. The highest BCUT2D eigenvalue weighted by atomic mass is 32.1. The lowest BCUT2D eigenvalue weighted by Gasteiger charge is -2.14. The fraction of sp³-hybridized carbons (Fsp3) is 0.389. The Kier molecular flexibility index (Phi) is 5.58. The predicted octanol–water partition coefficient (Wildman–Crippen LogP) is 2.88. The van der Waals surface area contributed by atoms with Crippen LogP contribution in [0.5, 0.6) is 0 Å². The molecule has 4 heterocycles. The number of carbonyl (C=O) groups excluding carboxylic acids is 1. The molecule has 0 bridgehead atoms. The van der Waals surface area contributed by atoms with Crippen molar-refractivity contribution < 1.29 is 9.53 Å². The molecular weight excluding hydrogens is 378 g/mol. The maximum Gasteiger partial charge on any atom is 0.321 e. The minimum Gasteiger partial charge on any atom is -0.376 e. The van der Waals surface area contributed by atoms with Crippen LogP contribution in [-0.4, -0.2) is 51.8 Å². The van der Waals surface area contributed by atoms with Crippen LogP contribution in [-0.2, 0) is 4.74 Å². The van der Waals surface area contributed by atoms with Gasteiger partial charge in [0.15, 0.2) is 5.13 Å². The van der Waals surface area contributed by atoms with Crippen molar-refractivity contribution in [1.29, 1.82) is 0 Å². The van der Waals surface area contributed by atoms with Gasteiger partial charge in [0, 0.05) is 43.2 Å². The van der Waals surface area contributed by atoms with Gasteiger partial charge in [-0.05, 0) is 25.8 Å². The number of nitrogens with one attached hydrogen (secondary N) is 3. The van der Waals surface area contributed by atoms with E-state index < -0.39 is 0 Å². The third-order valence-corrected chi connectivity index (χ3v) is 5.22. The zero-order valence-corrected chi connectivity index (χ0v) is 16.3. The number of rotatable bonds is 6. The Morgan fingerprint density at radius 1 is 1.32 bits per heavy atom. The van der Waals surface area contributed by atoms with Gasteiger partial charge >= 0.3 is 6.03 Å². The van der Waals surface area contributed by atoms with E-state index in [9.17, 15) is 4.79 Å². The van der Waals surface area contributed by atoms with E-state index in [0.29, 0.717) is 23.7 Å². The van der Waals surface area contributed by atoms with Gasteiger partial charge < -0.3 is 15.4 Å². The number of ether oxygens (including phenoxy) is 1. The van der Waals surface area contributed by atoms with Gasteiger partial charge in [-0.1, -0.05) is 11.3 Å². The highest BCUT2D eigenvalue weighted by molar-refractivity contribution is 7.22. The summed E-state index contributed by atoms with van der Waals surface area (Å²) in [5.74, 6) is 0.728. The molecule has 3 N–H and O–H groups in total. The van der Waals surface area contributed by atoms with Crippen LogP contribution >= 0.6 is 11.3 Å². The first kappa shape index (κ1) is 18.5. The minimum atomic E-state index is -0.282. The molecule has 3 aromatic rings. The molecule has 2 amide bonds. The SMILES string of the molecule is CCNC(=O)Nc1nc2cc(-c3cncnc3)c(NCC3CCCO3)nc2s1. The van der Waals surface area contributed by atoms with Crippen LogP contribution in [0, 0.1) is 0 Å². The molecule has 0 aliphatic carbocycles. The molecule has 1 aliphatic rings. The molecule has 1 unspecified atom stereocenters. The Labute approximate surface area is 166 Å². The van der Waals surface area contributed by atoms with Crippen LogP contribution in [0.25, 0.3) is 21.5 Å². The number of amides is 2. The van der Waals surface area contributed by atoms with E-state index in [2.05, 4.69) is 30.9 Å². The van der Waals surface area contributed by atoms with Crippen LogP contribution in [0.3, 0.4) is 0 Å². The summed E-state index contributed by atoms with van der Waals surface area (Å²) in [6, 6.07) is 1.66. The molecule has 1 saturated heterocycles. The first-order valence-electron chi connectivity index (χ1n) is 9.20. The molecule has 0 aromatic carbocycles. The van der Waals surface area contributed by atoms with Gasteiger partial charge in [0.25, 0.3) is 0 Å². The van der Waals surface area contributed by atoms with Gasteiger partial charge in [0.1, 0.15) is 22.5 Å². The molecule has 1 atom stereocenters. The van der Waals surface area contributed by atoms with E-state index in [1.165, 1.54) is 17.7 Å². The number of anilines is 2. The number of nitrogens with zero attached hydrogens (tertiary/aromatic N) is 4. The van der Waals surface area contributed by atoms with Gasteiger partial charge in [0.05, 0.1) is 6.10 Å². The quantitative estimate of drug-likeness (QED) is 0.584. The maximum absolute atomic E-state index is 11.8. The van der Waals surface area contributed by atoms with E-state index in [0.717, 1.165) is 41.2 Å². The van der Waals surface area contributed by atoms with Crippen molar-refractivity contribution in [2.45, 2.75) is 25.9 Å². The normalized spacial score (nSPS) is 16.2. The number of hydrogen-bond acceptors (Lipinski definition) is 8. The van der Waals surface area contributed by atoms with Crippen molar-refractivity contribution in [2.75, 3.05) is 30.3 Å². The molecular formula is C18H21N7O2S. The van der Waals surface area contributed by atoms with E-state index in [1.807, 2.05) is 13.0 Å². The largest absolute Gasteiger partial charge is 0.376 e. The number of carbonyl (C=O) groups is 1. The van der Waals surface area contributed by atoms with Crippen LogP contribution in [0.4, 0.5) is 15.7 Å². The van der Waals surface area contributed by atoms with Crippen LogP contribution in [0.1, 0.15) is 19.8 Å². The van der Waals surface area contributed by atoms with Gasteiger partial charge in [-0.2, -0.15) is 0 Å². The van der Waals surface area contributed by atoms with Gasteiger partial charge in [-0.25, -0.2) is 24.7 Å². The second kappa shape index (κ2) is 8.44. The highest BCUT2D eigenvalue weighted by Gasteiger charge is 2.18. The summed E-state index contributed by atoms with van der Waals surface area (Å²) in [6.07, 6.45) is 7.29. The van der Waals surface area contributed by atoms with Crippen LogP contribution < -0.4 is 16.0 Å². The average molecular weight is 399 g/mol. The van der Waals surface area contributed by atoms with Crippen molar-refractivity contribution in [2.24, 2.45) is 0 Å². The number of hydrogen-bond donors (Lipinski definition) is 3. The van der Waals surface area contributed by atoms with E-state index >= 15 is 0 Å². The lowest BCUT2D eigenvalue weighted by molar-refractivity contribution is 0.120. The summed E-state index contributed by atoms with van der Waals surface area (Å²) in [5, 5.41) is 9.34. The Morgan fingerprint density at radius 3 is 2.93 bits per heavy atom. The molecule has 146 valence electrons. The molecule has 10 heteroatoms. The Bertz CT molecular complexity index is 957. The molecule has 3 aromatic heterocycles. The molecule has 4 rings (SSSR count). The summed E-state index contributed by atoms with van der Waals surface area (Å²) in [7, 11) is 0. The fourth-order valence-corrected chi connectivity index (χ4v) is 3.85. The smallest absolute Gasteiger partial charge is 0.321 e. The van der Waals surface area contributed by atoms with E-state index in [-0.39, 0.29) is 12.1 Å². The monoisotopic (exact) mass is 399 g/mol. The molecule has 0 spiro atoms. The molecule has 0 saturated carbocycles. The highest BCUT2D eigenvalue weighted by Crippen LogP contribution is 2.33. The van der Waals surface area contributed by atoms with Gasteiger partial charge in [0.2, 0.25) is 0 Å². The standard InChI is InChI=1S/C18H21N7O2S/c1-2-21-17(26)25-18-23-14-6-13(11-7-19-10-20-8-11)15(24-16(14)28-18)22-9-12-4-3-5-27-12/h6-8,10,12H,2-5,9H2,1H3,(H,22,24)(H2,21,23,25,26). The number of urea groups is 1. The second-order valence-corrected chi connectivity index (χ2v) is 7.33. The number of fused-ring (bicyclic) bond motifs is 1. The Morgan fingerprint density at radius 2 is 2.18 bits per heavy atom. The third kappa shape index (κ3) is 4.18. The molecule has 9 nitrogen and oxygen atoms in total. The number of pyridine rings is 1. The topological polar surface area (TPSA) is 114 Å². The average Bonchev–Trinajstić information content (AvgIpc) is 3.35. The fourth-order valence-electron chi connectivity index (χ4n) is 3.03. The first-order valence-corrected chi connectivity index (χ1v) is 10.0. The van der Waals surface area contributed by atoms with E-state index in [4.69, 9.17) is 9.72 Å². The molecule has 1 fully saturated rings.